The number of ether oxygens (including phenoxy) is 1. The summed E-state index contributed by atoms with van der Waals surface area (Å²) in [6.07, 6.45) is -0.693. The Morgan fingerprint density at radius 1 is 1.38 bits per heavy atom. The van der Waals surface area contributed by atoms with Crippen LogP contribution >= 0.6 is 0 Å². The Balaban J connectivity index is 4.54. The summed E-state index contributed by atoms with van der Waals surface area (Å²) < 4.78 is 4.59. The van der Waals surface area contributed by atoms with Gasteiger partial charge >= 0.3 is 6.09 Å². The normalized spacial score (nSPS) is 11.6. The molecule has 0 aromatic carbocycles. The predicted octanol–water partition coefficient (Wildman–Crippen LogP) is 1.83. The van der Waals surface area contributed by atoms with Gasteiger partial charge in [0.25, 0.3) is 0 Å². The highest BCUT2D eigenvalue weighted by atomic mass is 16.5. The summed E-state index contributed by atoms with van der Waals surface area (Å²) in [4.78, 5) is 25.5. The Morgan fingerprint density at radius 3 is 2.23 bits per heavy atom. The summed E-state index contributed by atoms with van der Waals surface area (Å²) in [7, 11) is 0. The number of carbonyl (C=O) groups is 2. The summed E-state index contributed by atoms with van der Waals surface area (Å²) in [6, 6.07) is 0. The molecule has 4 heteroatoms. The number of Topliss-reactive ketones (excluding diaryl/α,β-unsaturated/α-hetero) is 1. The first-order valence-electron chi connectivity index (χ1n) is 4.25. The lowest BCUT2D eigenvalue weighted by atomic mass is 10.1. The van der Waals surface area contributed by atoms with Gasteiger partial charge in [0, 0.05) is 6.92 Å². The molecular formula is C9H15NO3. The first-order chi connectivity index (χ1) is 5.99. The van der Waals surface area contributed by atoms with Crippen LogP contribution in [0.2, 0.25) is 0 Å². The van der Waals surface area contributed by atoms with Crippen molar-refractivity contribution in [2.45, 2.75) is 27.7 Å². The Kier molecular flexibility index (Phi) is 4.96. The van der Waals surface area contributed by atoms with Gasteiger partial charge < -0.3 is 4.74 Å². The summed E-state index contributed by atoms with van der Waals surface area (Å²) in [5, 5.41) is 0. The molecule has 0 fully saturated rings. The van der Waals surface area contributed by atoms with Gasteiger partial charge in [-0.15, -0.1) is 0 Å². The van der Waals surface area contributed by atoms with Crippen LogP contribution in [0.25, 0.3) is 0 Å². The number of ketones is 1. The van der Waals surface area contributed by atoms with Gasteiger partial charge in [-0.1, -0.05) is 13.8 Å². The summed E-state index contributed by atoms with van der Waals surface area (Å²) in [5.41, 5.74) is 0.262. The maximum atomic E-state index is 11.0. The van der Waals surface area contributed by atoms with Gasteiger partial charge in [-0.05, 0) is 12.8 Å². The third kappa shape index (κ3) is 4.40. The molecule has 0 unspecified atom stereocenters. The lowest BCUT2D eigenvalue weighted by molar-refractivity contribution is -0.111. The molecule has 1 amide bonds. The molecule has 0 radical (unpaired) electrons. The average Bonchev–Trinajstić information content (AvgIpc) is 1.99. The van der Waals surface area contributed by atoms with E-state index in [1.165, 1.54) is 6.92 Å². The molecule has 0 rings (SSSR count). The van der Waals surface area contributed by atoms with Gasteiger partial charge in [0.2, 0.25) is 0 Å². The van der Waals surface area contributed by atoms with Crippen molar-refractivity contribution in [2.24, 2.45) is 10.9 Å². The number of aliphatic imine (C=N–C) groups is 1. The van der Waals surface area contributed by atoms with Gasteiger partial charge in [0.15, 0.2) is 5.78 Å². The molecule has 4 nitrogen and oxygen atoms in total. The van der Waals surface area contributed by atoms with Gasteiger partial charge in [-0.2, -0.15) is 4.99 Å². The van der Waals surface area contributed by atoms with Crippen LogP contribution in [0, 0.1) is 5.92 Å². The molecule has 0 N–H and O–H groups in total. The molecule has 0 saturated heterocycles. The summed E-state index contributed by atoms with van der Waals surface area (Å²) in [6.45, 7) is 6.96. The average molecular weight is 185 g/mol. The maximum Gasteiger partial charge on any atom is 0.433 e. The van der Waals surface area contributed by atoms with E-state index in [1.807, 2.05) is 0 Å². The molecule has 0 aliphatic carbocycles. The molecule has 0 heterocycles. The van der Waals surface area contributed by atoms with Crippen LogP contribution in [0.15, 0.2) is 4.99 Å². The van der Waals surface area contributed by atoms with E-state index in [9.17, 15) is 9.59 Å². The van der Waals surface area contributed by atoms with E-state index in [2.05, 4.69) is 9.73 Å². The van der Waals surface area contributed by atoms with E-state index in [-0.39, 0.29) is 24.0 Å². The Labute approximate surface area is 78.0 Å². The zero-order chi connectivity index (χ0) is 10.4. The lowest BCUT2D eigenvalue weighted by Crippen LogP contribution is -2.19. The van der Waals surface area contributed by atoms with E-state index < -0.39 is 6.09 Å². The molecule has 74 valence electrons. The second-order valence-corrected chi connectivity index (χ2v) is 2.91. The smallest absolute Gasteiger partial charge is 0.433 e. The van der Waals surface area contributed by atoms with Crippen LogP contribution in [0.1, 0.15) is 27.7 Å². The number of nitrogens with zero attached hydrogens (tertiary/aromatic N) is 1. The maximum absolute atomic E-state index is 11.0. The van der Waals surface area contributed by atoms with Crippen molar-refractivity contribution in [3.05, 3.63) is 0 Å². The van der Waals surface area contributed by atoms with E-state index >= 15 is 0 Å². The molecule has 0 bridgehead atoms. The third-order valence-electron chi connectivity index (χ3n) is 1.39. The fourth-order valence-corrected chi connectivity index (χ4v) is 0.868. The van der Waals surface area contributed by atoms with Crippen LogP contribution in [0.4, 0.5) is 4.79 Å². The fraction of sp³-hybridized carbons (Fsp3) is 0.667. The van der Waals surface area contributed by atoms with Crippen LogP contribution in [-0.4, -0.2) is 24.2 Å². The van der Waals surface area contributed by atoms with Crippen molar-refractivity contribution in [3.63, 3.8) is 0 Å². The Morgan fingerprint density at radius 2 is 1.92 bits per heavy atom. The Hall–Kier alpha value is -1.19. The largest absolute Gasteiger partial charge is 0.448 e. The van der Waals surface area contributed by atoms with Gasteiger partial charge in [0.05, 0.1) is 12.3 Å². The van der Waals surface area contributed by atoms with E-state index in [1.54, 1.807) is 20.8 Å². The molecule has 0 spiro atoms. The highest BCUT2D eigenvalue weighted by Gasteiger charge is 2.13. The topological polar surface area (TPSA) is 55.7 Å². The molecule has 13 heavy (non-hydrogen) atoms. The Bertz CT molecular complexity index is 231. The van der Waals surface area contributed by atoms with Crippen molar-refractivity contribution < 1.29 is 14.3 Å². The molecule has 0 saturated carbocycles. The number of carbonyl (C=O) groups excluding carboxylic acids is 2. The van der Waals surface area contributed by atoms with Crippen molar-refractivity contribution in [2.75, 3.05) is 6.61 Å². The standard InChI is InChI=1S/C9H15NO3/c1-5-13-9(12)10-8(6(2)3)7(4)11/h6H,5H2,1-4H3. The first-order valence-corrected chi connectivity index (χ1v) is 4.25. The third-order valence-corrected chi connectivity index (χ3v) is 1.39. The van der Waals surface area contributed by atoms with Crippen molar-refractivity contribution in [1.29, 1.82) is 0 Å². The molecule has 0 aromatic rings. The molecule has 0 aromatic heterocycles. The number of hydrogen-bond acceptors (Lipinski definition) is 3. The van der Waals surface area contributed by atoms with Gasteiger partial charge in [-0.25, -0.2) is 4.79 Å². The van der Waals surface area contributed by atoms with Crippen molar-refractivity contribution >= 4 is 17.6 Å². The molecule has 0 aliphatic rings. The minimum atomic E-state index is -0.693. The van der Waals surface area contributed by atoms with Crippen LogP contribution in [-0.2, 0) is 9.53 Å². The first kappa shape index (κ1) is 11.8. The van der Waals surface area contributed by atoms with Crippen molar-refractivity contribution in [3.8, 4) is 0 Å². The zero-order valence-electron chi connectivity index (χ0n) is 8.46. The minimum Gasteiger partial charge on any atom is -0.448 e. The number of hydrogen-bond donors (Lipinski definition) is 0. The van der Waals surface area contributed by atoms with Crippen LogP contribution in [0.5, 0.6) is 0 Å². The van der Waals surface area contributed by atoms with Crippen LogP contribution in [0.3, 0.4) is 0 Å². The fourth-order valence-electron chi connectivity index (χ4n) is 0.868. The van der Waals surface area contributed by atoms with E-state index in [4.69, 9.17) is 0 Å². The summed E-state index contributed by atoms with van der Waals surface area (Å²) >= 11 is 0. The molecule has 0 aliphatic heterocycles. The number of amides is 1. The predicted molar refractivity (Wildman–Crippen MR) is 50.0 cm³/mol. The summed E-state index contributed by atoms with van der Waals surface area (Å²) in [5.74, 6) is -0.245. The van der Waals surface area contributed by atoms with Gasteiger partial charge in [0.1, 0.15) is 0 Å². The lowest BCUT2D eigenvalue weighted by Gasteiger charge is -2.04. The zero-order valence-corrected chi connectivity index (χ0v) is 8.46. The highest BCUT2D eigenvalue weighted by molar-refractivity contribution is 6.40. The quantitative estimate of drug-likeness (QED) is 0.630. The van der Waals surface area contributed by atoms with E-state index in [0.29, 0.717) is 0 Å². The minimum absolute atomic E-state index is 0.0538. The second-order valence-electron chi connectivity index (χ2n) is 2.91. The SMILES string of the molecule is CCOC(=O)N=C(C(C)=O)C(C)C. The second kappa shape index (κ2) is 5.45. The highest BCUT2D eigenvalue weighted by Crippen LogP contribution is 2.00. The van der Waals surface area contributed by atoms with Gasteiger partial charge in [-0.3, -0.25) is 4.79 Å². The monoisotopic (exact) mass is 185 g/mol. The van der Waals surface area contributed by atoms with Crippen LogP contribution < -0.4 is 0 Å². The molecular weight excluding hydrogens is 170 g/mol. The number of rotatable bonds is 3. The molecule has 0 atom stereocenters. The van der Waals surface area contributed by atoms with Crippen molar-refractivity contribution in [1.82, 2.24) is 0 Å². The van der Waals surface area contributed by atoms with E-state index in [0.717, 1.165) is 0 Å².